The third-order valence-electron chi connectivity index (χ3n) is 3.32. The van der Waals surface area contributed by atoms with E-state index in [2.05, 4.69) is 24.5 Å². The molecule has 1 atom stereocenters. The number of carbonyl (C=O) groups is 1. The molecule has 0 saturated carbocycles. The van der Waals surface area contributed by atoms with E-state index in [9.17, 15) is 4.79 Å². The molecular formula is C16H26N2O2. The molecule has 0 spiro atoms. The van der Waals surface area contributed by atoms with Gasteiger partial charge in [-0.3, -0.25) is 4.79 Å². The topological polar surface area (TPSA) is 50.4 Å². The van der Waals surface area contributed by atoms with Gasteiger partial charge in [0.15, 0.2) is 0 Å². The SMILES string of the molecule is CCOCC(NCc1ccc(C(=O)NC)cc1)C(C)C. The number of hydrogen-bond donors (Lipinski definition) is 2. The van der Waals surface area contributed by atoms with E-state index in [0.717, 1.165) is 19.8 Å². The van der Waals surface area contributed by atoms with Crippen LogP contribution in [0.15, 0.2) is 24.3 Å². The van der Waals surface area contributed by atoms with E-state index in [1.807, 2.05) is 31.2 Å². The summed E-state index contributed by atoms with van der Waals surface area (Å²) in [5.41, 5.74) is 1.85. The molecule has 1 rings (SSSR count). The van der Waals surface area contributed by atoms with Crippen molar-refractivity contribution in [2.75, 3.05) is 20.3 Å². The fourth-order valence-corrected chi connectivity index (χ4v) is 1.90. The van der Waals surface area contributed by atoms with E-state index < -0.39 is 0 Å². The molecule has 20 heavy (non-hydrogen) atoms. The number of amides is 1. The monoisotopic (exact) mass is 278 g/mol. The van der Waals surface area contributed by atoms with Crippen LogP contribution in [0.1, 0.15) is 36.7 Å². The average molecular weight is 278 g/mol. The Bertz CT molecular complexity index is 401. The van der Waals surface area contributed by atoms with E-state index in [1.54, 1.807) is 7.05 Å². The van der Waals surface area contributed by atoms with E-state index in [1.165, 1.54) is 5.56 Å². The molecular weight excluding hydrogens is 252 g/mol. The smallest absolute Gasteiger partial charge is 0.251 e. The zero-order chi connectivity index (χ0) is 15.0. The Morgan fingerprint density at radius 1 is 1.25 bits per heavy atom. The molecule has 112 valence electrons. The summed E-state index contributed by atoms with van der Waals surface area (Å²) in [5, 5.41) is 6.13. The normalized spacial score (nSPS) is 12.4. The Morgan fingerprint density at radius 2 is 1.90 bits per heavy atom. The van der Waals surface area contributed by atoms with Gasteiger partial charge in [-0.15, -0.1) is 0 Å². The first kappa shape index (κ1) is 16.7. The number of carbonyl (C=O) groups excluding carboxylic acids is 1. The van der Waals surface area contributed by atoms with Crippen LogP contribution in [0.3, 0.4) is 0 Å². The first-order valence-corrected chi connectivity index (χ1v) is 7.20. The summed E-state index contributed by atoms with van der Waals surface area (Å²) in [6, 6.07) is 8.00. The quantitative estimate of drug-likeness (QED) is 0.766. The lowest BCUT2D eigenvalue weighted by atomic mass is 10.0. The summed E-state index contributed by atoms with van der Waals surface area (Å²) in [4.78, 5) is 11.5. The van der Waals surface area contributed by atoms with Crippen molar-refractivity contribution in [3.63, 3.8) is 0 Å². The van der Waals surface area contributed by atoms with Gasteiger partial charge >= 0.3 is 0 Å². The lowest BCUT2D eigenvalue weighted by Crippen LogP contribution is -2.37. The molecule has 0 aromatic heterocycles. The van der Waals surface area contributed by atoms with Crippen LogP contribution < -0.4 is 10.6 Å². The molecule has 1 amide bonds. The highest BCUT2D eigenvalue weighted by atomic mass is 16.5. The van der Waals surface area contributed by atoms with Gasteiger partial charge in [-0.05, 0) is 30.5 Å². The molecule has 0 bridgehead atoms. The lowest BCUT2D eigenvalue weighted by molar-refractivity contribution is 0.0963. The fraction of sp³-hybridized carbons (Fsp3) is 0.562. The van der Waals surface area contributed by atoms with Gasteiger partial charge in [0.2, 0.25) is 0 Å². The molecule has 1 unspecified atom stereocenters. The second-order valence-electron chi connectivity index (χ2n) is 5.17. The summed E-state index contributed by atoms with van der Waals surface area (Å²) in [6.45, 7) is 8.63. The molecule has 0 aliphatic heterocycles. The van der Waals surface area contributed by atoms with E-state index in [0.29, 0.717) is 17.5 Å². The number of benzene rings is 1. The van der Waals surface area contributed by atoms with Crippen molar-refractivity contribution in [1.82, 2.24) is 10.6 Å². The Hall–Kier alpha value is -1.39. The fourth-order valence-electron chi connectivity index (χ4n) is 1.90. The maximum atomic E-state index is 11.5. The van der Waals surface area contributed by atoms with Crippen LogP contribution in [-0.4, -0.2) is 32.2 Å². The largest absolute Gasteiger partial charge is 0.380 e. The summed E-state index contributed by atoms with van der Waals surface area (Å²) >= 11 is 0. The first-order chi connectivity index (χ1) is 9.58. The van der Waals surface area contributed by atoms with Gasteiger partial charge in [-0.1, -0.05) is 26.0 Å². The predicted octanol–water partition coefficient (Wildman–Crippen LogP) is 2.20. The van der Waals surface area contributed by atoms with Crippen molar-refractivity contribution < 1.29 is 9.53 Å². The first-order valence-electron chi connectivity index (χ1n) is 7.20. The van der Waals surface area contributed by atoms with Crippen LogP contribution >= 0.6 is 0 Å². The van der Waals surface area contributed by atoms with Crippen molar-refractivity contribution in [3.8, 4) is 0 Å². The third kappa shape index (κ3) is 5.31. The van der Waals surface area contributed by atoms with Gasteiger partial charge in [0.1, 0.15) is 0 Å². The molecule has 1 aromatic carbocycles. The number of nitrogens with one attached hydrogen (secondary N) is 2. The molecule has 0 heterocycles. The minimum absolute atomic E-state index is 0.0547. The Kier molecular flexibility index (Phi) is 7.26. The molecule has 0 aliphatic rings. The molecule has 0 radical (unpaired) electrons. The van der Waals surface area contributed by atoms with Crippen molar-refractivity contribution >= 4 is 5.91 Å². The predicted molar refractivity (Wildman–Crippen MR) is 81.8 cm³/mol. The highest BCUT2D eigenvalue weighted by molar-refractivity contribution is 5.93. The van der Waals surface area contributed by atoms with E-state index in [4.69, 9.17) is 4.74 Å². The standard InChI is InChI=1S/C16H26N2O2/c1-5-20-11-15(12(2)3)18-10-13-6-8-14(9-7-13)16(19)17-4/h6-9,12,15,18H,5,10-11H2,1-4H3,(H,17,19). The molecule has 0 fully saturated rings. The molecule has 2 N–H and O–H groups in total. The Labute approximate surface area is 121 Å². The summed E-state index contributed by atoms with van der Waals surface area (Å²) in [5.74, 6) is 0.465. The number of hydrogen-bond acceptors (Lipinski definition) is 3. The summed E-state index contributed by atoms with van der Waals surface area (Å²) < 4.78 is 5.50. The summed E-state index contributed by atoms with van der Waals surface area (Å²) in [6.07, 6.45) is 0. The van der Waals surface area contributed by atoms with Crippen LogP contribution in [0.2, 0.25) is 0 Å². The van der Waals surface area contributed by atoms with Gasteiger partial charge in [-0.2, -0.15) is 0 Å². The molecule has 1 aromatic rings. The Morgan fingerprint density at radius 3 is 2.40 bits per heavy atom. The van der Waals surface area contributed by atoms with Crippen LogP contribution in [-0.2, 0) is 11.3 Å². The van der Waals surface area contributed by atoms with Crippen molar-refractivity contribution in [1.29, 1.82) is 0 Å². The molecule has 0 saturated heterocycles. The molecule has 0 aliphatic carbocycles. The second kappa shape index (κ2) is 8.72. The molecule has 4 nitrogen and oxygen atoms in total. The highest BCUT2D eigenvalue weighted by Crippen LogP contribution is 2.07. The van der Waals surface area contributed by atoms with Crippen LogP contribution in [0.4, 0.5) is 0 Å². The zero-order valence-electron chi connectivity index (χ0n) is 12.9. The van der Waals surface area contributed by atoms with Gasteiger partial charge in [-0.25, -0.2) is 0 Å². The molecule has 4 heteroatoms. The van der Waals surface area contributed by atoms with Crippen LogP contribution in [0, 0.1) is 5.92 Å². The number of rotatable bonds is 8. The lowest BCUT2D eigenvalue weighted by Gasteiger charge is -2.22. The highest BCUT2D eigenvalue weighted by Gasteiger charge is 2.12. The van der Waals surface area contributed by atoms with Crippen LogP contribution in [0.5, 0.6) is 0 Å². The van der Waals surface area contributed by atoms with Gasteiger partial charge < -0.3 is 15.4 Å². The average Bonchev–Trinajstić information content (AvgIpc) is 2.46. The van der Waals surface area contributed by atoms with Gasteiger partial charge in [0, 0.05) is 31.8 Å². The van der Waals surface area contributed by atoms with Crippen molar-refractivity contribution in [3.05, 3.63) is 35.4 Å². The maximum Gasteiger partial charge on any atom is 0.251 e. The van der Waals surface area contributed by atoms with E-state index in [-0.39, 0.29) is 5.91 Å². The second-order valence-corrected chi connectivity index (χ2v) is 5.17. The van der Waals surface area contributed by atoms with Gasteiger partial charge in [0.05, 0.1) is 6.61 Å². The van der Waals surface area contributed by atoms with E-state index >= 15 is 0 Å². The summed E-state index contributed by atoms with van der Waals surface area (Å²) in [7, 11) is 1.64. The zero-order valence-corrected chi connectivity index (χ0v) is 12.9. The maximum absolute atomic E-state index is 11.5. The third-order valence-corrected chi connectivity index (χ3v) is 3.32. The minimum Gasteiger partial charge on any atom is -0.380 e. The Balaban J connectivity index is 2.53. The van der Waals surface area contributed by atoms with Crippen molar-refractivity contribution in [2.45, 2.75) is 33.4 Å². The number of ether oxygens (including phenoxy) is 1. The van der Waals surface area contributed by atoms with Crippen molar-refractivity contribution in [2.24, 2.45) is 5.92 Å². The van der Waals surface area contributed by atoms with Crippen LogP contribution in [0.25, 0.3) is 0 Å². The minimum atomic E-state index is -0.0547. The van der Waals surface area contributed by atoms with Gasteiger partial charge in [0.25, 0.3) is 5.91 Å².